The third-order valence-corrected chi connectivity index (χ3v) is 2.94. The van der Waals surface area contributed by atoms with Crippen LogP contribution in [0.3, 0.4) is 0 Å². The zero-order chi connectivity index (χ0) is 11.5. The van der Waals surface area contributed by atoms with E-state index in [4.69, 9.17) is 21.1 Å². The second-order valence-corrected chi connectivity index (χ2v) is 3.98. The van der Waals surface area contributed by atoms with Crippen molar-refractivity contribution in [1.82, 2.24) is 9.97 Å². The lowest BCUT2D eigenvalue weighted by Crippen LogP contribution is -2.27. The van der Waals surface area contributed by atoms with Crippen molar-refractivity contribution < 1.29 is 9.47 Å². The Morgan fingerprint density at radius 1 is 1.31 bits per heavy atom. The molecule has 2 atom stereocenters. The molecule has 5 nitrogen and oxygen atoms in total. The van der Waals surface area contributed by atoms with Crippen LogP contribution in [-0.2, 0) is 9.47 Å². The zero-order valence-electron chi connectivity index (χ0n) is 9.26. The molecule has 1 aromatic heterocycles. The van der Waals surface area contributed by atoms with E-state index >= 15 is 0 Å². The first-order valence-corrected chi connectivity index (χ1v) is 5.41. The van der Waals surface area contributed by atoms with E-state index in [1.807, 2.05) is 6.07 Å². The maximum absolute atomic E-state index is 5.75. The molecule has 1 aromatic rings. The predicted octanol–water partition coefficient (Wildman–Crippen LogP) is 0.980. The van der Waals surface area contributed by atoms with Crippen molar-refractivity contribution in [2.24, 2.45) is 0 Å². The van der Waals surface area contributed by atoms with Gasteiger partial charge in [-0.3, -0.25) is 0 Å². The molecule has 16 heavy (non-hydrogen) atoms. The van der Waals surface area contributed by atoms with E-state index in [1.165, 1.54) is 0 Å². The molecule has 0 amide bonds. The maximum Gasteiger partial charge on any atom is 0.224 e. The van der Waals surface area contributed by atoms with Crippen LogP contribution in [0.4, 0.5) is 5.82 Å². The highest BCUT2D eigenvalue weighted by molar-refractivity contribution is 6.28. The van der Waals surface area contributed by atoms with Gasteiger partial charge in [-0.15, -0.1) is 0 Å². The highest BCUT2D eigenvalue weighted by Crippen LogP contribution is 2.21. The minimum absolute atomic E-state index is 0.0683. The van der Waals surface area contributed by atoms with E-state index in [-0.39, 0.29) is 17.5 Å². The first-order valence-electron chi connectivity index (χ1n) is 5.03. The Hall–Kier alpha value is -0.910. The third-order valence-electron chi connectivity index (χ3n) is 2.76. The molecule has 6 heteroatoms. The van der Waals surface area contributed by atoms with Gasteiger partial charge in [0, 0.05) is 33.5 Å². The molecule has 1 aliphatic rings. The van der Waals surface area contributed by atoms with Crippen molar-refractivity contribution in [3.05, 3.63) is 17.5 Å². The highest BCUT2D eigenvalue weighted by atomic mass is 35.5. The highest BCUT2D eigenvalue weighted by Gasteiger charge is 2.33. The quantitative estimate of drug-likeness (QED) is 0.741. The summed E-state index contributed by atoms with van der Waals surface area (Å²) >= 11 is 5.75. The summed E-state index contributed by atoms with van der Waals surface area (Å²) in [6, 6.07) is 1.83. The van der Waals surface area contributed by atoms with Crippen molar-refractivity contribution in [3.8, 4) is 0 Å². The van der Waals surface area contributed by atoms with Crippen LogP contribution in [0.25, 0.3) is 0 Å². The Balaban J connectivity index is 2.12. The van der Waals surface area contributed by atoms with Crippen molar-refractivity contribution >= 4 is 17.4 Å². The van der Waals surface area contributed by atoms with Gasteiger partial charge in [0.25, 0.3) is 0 Å². The summed E-state index contributed by atoms with van der Waals surface area (Å²) in [6.45, 7) is 1.50. The summed E-state index contributed by atoms with van der Waals surface area (Å²) in [6.07, 6.45) is 1.78. The molecule has 1 saturated heterocycles. The van der Waals surface area contributed by atoms with E-state index in [0.29, 0.717) is 0 Å². The van der Waals surface area contributed by atoms with Crippen LogP contribution < -0.4 is 4.90 Å². The van der Waals surface area contributed by atoms with E-state index in [9.17, 15) is 0 Å². The lowest BCUT2D eigenvalue weighted by Gasteiger charge is -2.16. The molecular weight excluding hydrogens is 230 g/mol. The van der Waals surface area contributed by atoms with Crippen LogP contribution >= 0.6 is 11.6 Å². The minimum Gasteiger partial charge on any atom is -0.377 e. The molecule has 0 aromatic carbocycles. The fourth-order valence-corrected chi connectivity index (χ4v) is 2.03. The maximum atomic E-state index is 5.75. The Morgan fingerprint density at radius 2 is 1.94 bits per heavy atom. The number of hydrogen-bond acceptors (Lipinski definition) is 5. The number of hydrogen-bond donors (Lipinski definition) is 0. The van der Waals surface area contributed by atoms with Gasteiger partial charge in [-0.05, 0) is 17.7 Å². The van der Waals surface area contributed by atoms with E-state index < -0.39 is 0 Å². The molecule has 1 fully saturated rings. The van der Waals surface area contributed by atoms with Crippen LogP contribution in [0.5, 0.6) is 0 Å². The van der Waals surface area contributed by atoms with Gasteiger partial charge in [0.05, 0.1) is 0 Å². The molecule has 2 unspecified atom stereocenters. The summed E-state index contributed by atoms with van der Waals surface area (Å²) < 4.78 is 10.7. The third kappa shape index (κ3) is 2.26. The van der Waals surface area contributed by atoms with Gasteiger partial charge in [0.1, 0.15) is 18.0 Å². The number of methoxy groups -OCH3 is 2. The molecule has 0 N–H and O–H groups in total. The van der Waals surface area contributed by atoms with Crippen molar-refractivity contribution in [3.63, 3.8) is 0 Å². The predicted molar refractivity (Wildman–Crippen MR) is 60.8 cm³/mol. The number of anilines is 1. The van der Waals surface area contributed by atoms with Crippen molar-refractivity contribution in [2.75, 3.05) is 32.2 Å². The van der Waals surface area contributed by atoms with E-state index in [0.717, 1.165) is 18.9 Å². The van der Waals surface area contributed by atoms with E-state index in [1.54, 1.807) is 20.4 Å². The molecule has 2 rings (SSSR count). The molecule has 1 aliphatic heterocycles. The lowest BCUT2D eigenvalue weighted by atomic mass is 10.3. The number of aromatic nitrogens is 2. The number of rotatable bonds is 3. The van der Waals surface area contributed by atoms with Gasteiger partial charge in [0.15, 0.2) is 0 Å². The first-order chi connectivity index (χ1) is 7.74. The summed E-state index contributed by atoms with van der Waals surface area (Å²) in [7, 11) is 3.38. The Bertz CT molecular complexity index is 352. The van der Waals surface area contributed by atoms with Crippen LogP contribution in [-0.4, -0.2) is 49.5 Å². The average molecular weight is 244 g/mol. The molecule has 2 heterocycles. The van der Waals surface area contributed by atoms with Crippen LogP contribution in [0, 0.1) is 0 Å². The largest absolute Gasteiger partial charge is 0.377 e. The van der Waals surface area contributed by atoms with Crippen LogP contribution in [0.2, 0.25) is 5.28 Å². The number of ether oxygens (including phenoxy) is 2. The van der Waals surface area contributed by atoms with Crippen LogP contribution in [0.1, 0.15) is 0 Å². The molecule has 0 bridgehead atoms. The molecular formula is C10H14ClN3O2. The van der Waals surface area contributed by atoms with Gasteiger partial charge in [-0.25, -0.2) is 9.97 Å². The Morgan fingerprint density at radius 3 is 2.44 bits per heavy atom. The van der Waals surface area contributed by atoms with Gasteiger partial charge >= 0.3 is 0 Å². The molecule has 0 radical (unpaired) electrons. The topological polar surface area (TPSA) is 47.5 Å². The van der Waals surface area contributed by atoms with Gasteiger partial charge in [0.2, 0.25) is 5.28 Å². The SMILES string of the molecule is COC1CN(c2ccnc(Cl)n2)CC1OC. The number of nitrogens with zero attached hydrogens (tertiary/aromatic N) is 3. The fraction of sp³-hybridized carbons (Fsp3) is 0.600. The average Bonchev–Trinajstić information content (AvgIpc) is 2.72. The summed E-state index contributed by atoms with van der Waals surface area (Å²) in [5.74, 6) is 0.807. The standard InChI is InChI=1S/C10H14ClN3O2/c1-15-7-5-14(6-8(7)16-2)9-3-4-12-10(11)13-9/h3-4,7-8H,5-6H2,1-2H3. The van der Waals surface area contributed by atoms with Gasteiger partial charge in [-0.1, -0.05) is 0 Å². The van der Waals surface area contributed by atoms with Gasteiger partial charge < -0.3 is 14.4 Å². The monoisotopic (exact) mass is 243 g/mol. The van der Waals surface area contributed by atoms with E-state index in [2.05, 4.69) is 14.9 Å². The molecule has 88 valence electrons. The summed E-state index contributed by atoms with van der Waals surface area (Å²) in [5.41, 5.74) is 0. The summed E-state index contributed by atoms with van der Waals surface area (Å²) in [5, 5.41) is 0.257. The fourth-order valence-electron chi connectivity index (χ4n) is 1.89. The smallest absolute Gasteiger partial charge is 0.224 e. The second-order valence-electron chi connectivity index (χ2n) is 3.64. The first kappa shape index (κ1) is 11.6. The zero-order valence-corrected chi connectivity index (χ0v) is 10.0. The van der Waals surface area contributed by atoms with Gasteiger partial charge in [-0.2, -0.15) is 0 Å². The molecule has 0 aliphatic carbocycles. The number of halogens is 1. The van der Waals surface area contributed by atoms with Crippen LogP contribution in [0.15, 0.2) is 12.3 Å². The second kappa shape index (κ2) is 4.95. The normalized spacial score (nSPS) is 25.1. The lowest BCUT2D eigenvalue weighted by molar-refractivity contribution is -0.00461. The van der Waals surface area contributed by atoms with Crippen molar-refractivity contribution in [1.29, 1.82) is 0 Å². The summed E-state index contributed by atoms with van der Waals surface area (Å²) in [4.78, 5) is 10.1. The Labute approximate surface area is 99.3 Å². The molecule has 0 saturated carbocycles. The molecule has 0 spiro atoms. The van der Waals surface area contributed by atoms with Crippen molar-refractivity contribution in [2.45, 2.75) is 12.2 Å². The Kier molecular flexibility index (Phi) is 3.58. The minimum atomic E-state index is 0.0683.